The van der Waals surface area contributed by atoms with E-state index < -0.39 is 21.4 Å². The first-order valence-electron chi connectivity index (χ1n) is 9.42. The van der Waals surface area contributed by atoms with Crippen molar-refractivity contribution in [3.05, 3.63) is 60.2 Å². The van der Waals surface area contributed by atoms with Gasteiger partial charge in [-0.15, -0.1) is 0 Å². The maximum Gasteiger partial charge on any atom is 0.243 e. The van der Waals surface area contributed by atoms with Crippen LogP contribution in [0.1, 0.15) is 18.4 Å². The molecule has 0 radical (unpaired) electrons. The van der Waals surface area contributed by atoms with Crippen molar-refractivity contribution >= 4 is 15.9 Å². The van der Waals surface area contributed by atoms with Crippen LogP contribution in [0, 0.1) is 11.7 Å². The molecule has 2 aliphatic rings. The van der Waals surface area contributed by atoms with Gasteiger partial charge in [0, 0.05) is 38.4 Å². The quantitative estimate of drug-likeness (QED) is 0.770. The molecule has 2 saturated heterocycles. The maximum atomic E-state index is 13.0. The van der Waals surface area contributed by atoms with E-state index in [4.69, 9.17) is 4.74 Å². The van der Waals surface area contributed by atoms with E-state index in [2.05, 4.69) is 10.3 Å². The molecule has 0 bridgehead atoms. The number of hydrogen-bond acceptors (Lipinski definition) is 5. The maximum absolute atomic E-state index is 13.0. The van der Waals surface area contributed by atoms with Gasteiger partial charge in [0.15, 0.2) is 0 Å². The van der Waals surface area contributed by atoms with Crippen molar-refractivity contribution in [3.63, 3.8) is 0 Å². The third kappa shape index (κ3) is 4.31. The largest absolute Gasteiger partial charge is 0.372 e. The SMILES string of the molecule is O=C(CC1COC2(C1)CN(S(=O)(=O)c1ccc(F)cc1)C2)NCc1ccncc1. The number of benzene rings is 1. The van der Waals surface area contributed by atoms with E-state index in [1.54, 1.807) is 12.4 Å². The summed E-state index contributed by atoms with van der Waals surface area (Å²) in [6.07, 6.45) is 4.35. The minimum Gasteiger partial charge on any atom is -0.372 e. The summed E-state index contributed by atoms with van der Waals surface area (Å²) >= 11 is 0. The fraction of sp³-hybridized carbons (Fsp3) is 0.400. The van der Waals surface area contributed by atoms with E-state index >= 15 is 0 Å². The molecule has 1 atom stereocenters. The van der Waals surface area contributed by atoms with Crippen LogP contribution in [0.15, 0.2) is 53.7 Å². The van der Waals surface area contributed by atoms with Gasteiger partial charge < -0.3 is 10.1 Å². The van der Waals surface area contributed by atoms with E-state index in [1.807, 2.05) is 12.1 Å². The van der Waals surface area contributed by atoms with Crippen molar-refractivity contribution in [2.24, 2.45) is 5.92 Å². The second-order valence-corrected chi connectivity index (χ2v) is 9.57. The van der Waals surface area contributed by atoms with Gasteiger partial charge in [-0.25, -0.2) is 12.8 Å². The number of aromatic nitrogens is 1. The lowest BCUT2D eigenvalue weighted by molar-refractivity contribution is -0.122. The van der Waals surface area contributed by atoms with E-state index in [-0.39, 0.29) is 29.8 Å². The highest BCUT2D eigenvalue weighted by Gasteiger charge is 2.53. The molecule has 1 unspecified atom stereocenters. The molecule has 2 aromatic rings. The second-order valence-electron chi connectivity index (χ2n) is 7.63. The minimum atomic E-state index is -3.66. The summed E-state index contributed by atoms with van der Waals surface area (Å²) in [6, 6.07) is 8.49. The molecule has 1 N–H and O–H groups in total. The monoisotopic (exact) mass is 419 g/mol. The topological polar surface area (TPSA) is 88.6 Å². The van der Waals surface area contributed by atoms with Gasteiger partial charge in [-0.2, -0.15) is 4.31 Å². The Hall–Kier alpha value is -2.36. The van der Waals surface area contributed by atoms with Crippen LogP contribution in [-0.4, -0.2) is 48.9 Å². The zero-order valence-corrected chi connectivity index (χ0v) is 16.6. The molecule has 1 aromatic carbocycles. The van der Waals surface area contributed by atoms with Crippen LogP contribution in [0.4, 0.5) is 4.39 Å². The number of nitrogens with one attached hydrogen (secondary N) is 1. The number of rotatable bonds is 6. The van der Waals surface area contributed by atoms with Crippen molar-refractivity contribution in [3.8, 4) is 0 Å². The van der Waals surface area contributed by atoms with E-state index in [0.717, 1.165) is 17.7 Å². The first-order chi connectivity index (χ1) is 13.9. The first kappa shape index (κ1) is 19.9. The van der Waals surface area contributed by atoms with Crippen molar-refractivity contribution in [1.82, 2.24) is 14.6 Å². The Morgan fingerprint density at radius 3 is 2.59 bits per heavy atom. The van der Waals surface area contributed by atoms with Gasteiger partial charge in [0.1, 0.15) is 5.82 Å². The van der Waals surface area contributed by atoms with Gasteiger partial charge in [-0.05, 0) is 54.3 Å². The van der Waals surface area contributed by atoms with Crippen LogP contribution in [0.25, 0.3) is 0 Å². The van der Waals surface area contributed by atoms with Crippen molar-refractivity contribution in [2.75, 3.05) is 19.7 Å². The Kier molecular flexibility index (Phi) is 5.37. The third-order valence-corrected chi connectivity index (χ3v) is 7.19. The Bertz CT molecular complexity index is 977. The number of ether oxygens (including phenoxy) is 1. The molecular formula is C20H22FN3O4S. The molecule has 2 fully saturated rings. The molecule has 9 heteroatoms. The zero-order valence-electron chi connectivity index (χ0n) is 15.8. The van der Waals surface area contributed by atoms with Crippen LogP contribution in [0.5, 0.6) is 0 Å². The molecule has 154 valence electrons. The van der Waals surface area contributed by atoms with Crippen LogP contribution in [0.2, 0.25) is 0 Å². The normalized spacial score (nSPS) is 21.1. The Morgan fingerprint density at radius 2 is 1.90 bits per heavy atom. The molecule has 1 amide bonds. The molecule has 29 heavy (non-hydrogen) atoms. The molecule has 3 heterocycles. The molecular weight excluding hydrogens is 397 g/mol. The Labute approximate surface area is 168 Å². The lowest BCUT2D eigenvalue weighted by Crippen LogP contribution is -2.63. The summed E-state index contributed by atoms with van der Waals surface area (Å²) in [4.78, 5) is 16.2. The summed E-state index contributed by atoms with van der Waals surface area (Å²) in [5, 5.41) is 2.89. The highest BCUT2D eigenvalue weighted by Crippen LogP contribution is 2.41. The molecule has 2 aliphatic heterocycles. The van der Waals surface area contributed by atoms with Crippen molar-refractivity contribution in [1.29, 1.82) is 0 Å². The molecule has 4 rings (SSSR count). The molecule has 1 spiro atoms. The van der Waals surface area contributed by atoms with Gasteiger partial charge in [0.05, 0.1) is 17.1 Å². The average molecular weight is 419 g/mol. The summed E-state index contributed by atoms with van der Waals surface area (Å²) in [7, 11) is -3.66. The first-order valence-corrected chi connectivity index (χ1v) is 10.9. The number of pyridine rings is 1. The summed E-state index contributed by atoms with van der Waals surface area (Å²) in [5.41, 5.74) is 0.455. The molecule has 1 aromatic heterocycles. The predicted octanol–water partition coefficient (Wildman–Crippen LogP) is 1.71. The number of carbonyl (C=O) groups excluding carboxylic acids is 1. The van der Waals surface area contributed by atoms with E-state index in [0.29, 0.717) is 26.0 Å². The second kappa shape index (κ2) is 7.81. The third-order valence-electron chi connectivity index (χ3n) is 5.38. The van der Waals surface area contributed by atoms with Crippen molar-refractivity contribution in [2.45, 2.75) is 29.9 Å². The molecule has 7 nitrogen and oxygen atoms in total. The van der Waals surface area contributed by atoms with E-state index in [9.17, 15) is 17.6 Å². The van der Waals surface area contributed by atoms with Gasteiger partial charge in [0.2, 0.25) is 15.9 Å². The fourth-order valence-corrected chi connectivity index (χ4v) is 5.44. The number of halogens is 1. The van der Waals surface area contributed by atoms with E-state index in [1.165, 1.54) is 16.4 Å². The lowest BCUT2D eigenvalue weighted by Gasteiger charge is -2.46. The van der Waals surface area contributed by atoms with Crippen LogP contribution >= 0.6 is 0 Å². The van der Waals surface area contributed by atoms with Crippen LogP contribution < -0.4 is 5.32 Å². The summed E-state index contributed by atoms with van der Waals surface area (Å²) < 4.78 is 45.5. The van der Waals surface area contributed by atoms with Gasteiger partial charge in [0.25, 0.3) is 0 Å². The van der Waals surface area contributed by atoms with Gasteiger partial charge >= 0.3 is 0 Å². The van der Waals surface area contributed by atoms with Crippen LogP contribution in [0.3, 0.4) is 0 Å². The number of nitrogens with zero attached hydrogens (tertiary/aromatic N) is 2. The average Bonchev–Trinajstić information content (AvgIpc) is 3.11. The summed E-state index contributed by atoms with van der Waals surface area (Å²) in [5.74, 6) is -0.473. The fourth-order valence-electron chi connectivity index (χ4n) is 3.85. The number of carbonyl (C=O) groups is 1. The number of amides is 1. The minimum absolute atomic E-state index is 0.0532. The summed E-state index contributed by atoms with van der Waals surface area (Å²) in [6.45, 7) is 1.39. The standard InChI is InChI=1S/C20H22FN3O4S/c21-17-1-3-18(4-2-17)29(26,27)24-13-20(14-24)10-16(12-28-20)9-19(25)23-11-15-5-7-22-8-6-15/h1-8,16H,9-14H2,(H,23,25). The zero-order chi connectivity index (χ0) is 20.5. The smallest absolute Gasteiger partial charge is 0.243 e. The van der Waals surface area contributed by atoms with Gasteiger partial charge in [-0.1, -0.05) is 0 Å². The highest BCUT2D eigenvalue weighted by atomic mass is 32.2. The molecule has 0 saturated carbocycles. The predicted molar refractivity (Wildman–Crippen MR) is 103 cm³/mol. The number of hydrogen-bond donors (Lipinski definition) is 1. The Balaban J connectivity index is 1.27. The highest BCUT2D eigenvalue weighted by molar-refractivity contribution is 7.89. The molecule has 0 aliphatic carbocycles. The van der Waals surface area contributed by atoms with Crippen LogP contribution in [-0.2, 0) is 26.1 Å². The Morgan fingerprint density at radius 1 is 1.21 bits per heavy atom. The van der Waals surface area contributed by atoms with Gasteiger partial charge in [-0.3, -0.25) is 9.78 Å². The number of sulfonamides is 1. The lowest BCUT2D eigenvalue weighted by atomic mass is 9.87. The van der Waals surface area contributed by atoms with Crippen molar-refractivity contribution < 1.29 is 22.3 Å².